The van der Waals surface area contributed by atoms with E-state index in [1.54, 1.807) is 6.20 Å². The third kappa shape index (κ3) is 2.44. The summed E-state index contributed by atoms with van der Waals surface area (Å²) < 4.78 is 2.03. The number of aromatic nitrogens is 5. The van der Waals surface area contributed by atoms with Crippen molar-refractivity contribution in [2.75, 3.05) is 13.1 Å². The number of nitriles is 1. The van der Waals surface area contributed by atoms with E-state index < -0.39 is 5.54 Å². The topological polar surface area (TPSA) is 115 Å². The zero-order chi connectivity index (χ0) is 18.6. The number of carbonyl (C=O) groups is 1. The summed E-state index contributed by atoms with van der Waals surface area (Å²) in [5, 5.41) is 20.9. The fourth-order valence-corrected chi connectivity index (χ4v) is 4.05. The predicted octanol–water partition coefficient (Wildman–Crippen LogP) is 1.80. The summed E-state index contributed by atoms with van der Waals surface area (Å²) in [6, 6.07) is 4.03. The van der Waals surface area contributed by atoms with E-state index in [2.05, 4.69) is 38.5 Å². The molecule has 9 heteroatoms. The first kappa shape index (κ1) is 16.1. The maximum atomic E-state index is 12.7. The number of nitrogens with one attached hydrogen (secondary N) is 2. The number of carbonyl (C=O) groups excluding carboxylic acids is 1. The second-order valence-electron chi connectivity index (χ2n) is 7.53. The van der Waals surface area contributed by atoms with E-state index in [-0.39, 0.29) is 11.9 Å². The molecule has 0 bridgehead atoms. The van der Waals surface area contributed by atoms with Crippen LogP contribution in [0.15, 0.2) is 18.5 Å². The number of urea groups is 1. The highest BCUT2D eigenvalue weighted by Gasteiger charge is 2.47. The summed E-state index contributed by atoms with van der Waals surface area (Å²) in [4.78, 5) is 22.0. The molecule has 9 nitrogen and oxygen atoms in total. The molecule has 0 aromatic carbocycles. The zero-order valence-corrected chi connectivity index (χ0v) is 15.0. The maximum absolute atomic E-state index is 12.7. The van der Waals surface area contributed by atoms with Gasteiger partial charge in [0.2, 0.25) is 0 Å². The molecule has 2 aliphatic rings. The number of aromatic amines is 1. The average Bonchev–Trinajstić information content (AvgIpc) is 3.09. The van der Waals surface area contributed by atoms with Gasteiger partial charge in [-0.25, -0.2) is 9.78 Å². The molecular formula is C18H20N8O. The Balaban J connectivity index is 1.48. The second kappa shape index (κ2) is 5.67. The molecule has 3 aromatic heterocycles. The van der Waals surface area contributed by atoms with Gasteiger partial charge in [-0.15, -0.1) is 10.2 Å². The Morgan fingerprint density at radius 1 is 1.44 bits per heavy atom. The maximum Gasteiger partial charge on any atom is 0.318 e. The monoisotopic (exact) mass is 364 g/mol. The molecule has 2 amide bonds. The lowest BCUT2D eigenvalue weighted by molar-refractivity contribution is 0.204. The number of likely N-dealkylation sites (tertiary alicyclic amines) is 1. The van der Waals surface area contributed by atoms with Gasteiger partial charge in [0.05, 0.1) is 17.8 Å². The van der Waals surface area contributed by atoms with E-state index in [0.717, 1.165) is 36.3 Å². The van der Waals surface area contributed by atoms with Gasteiger partial charge < -0.3 is 15.2 Å². The molecule has 2 fully saturated rings. The average molecular weight is 364 g/mol. The summed E-state index contributed by atoms with van der Waals surface area (Å²) in [5.41, 5.74) is 1.78. The zero-order valence-electron chi connectivity index (χ0n) is 15.0. The van der Waals surface area contributed by atoms with Crippen molar-refractivity contribution >= 4 is 22.8 Å². The van der Waals surface area contributed by atoms with Crippen molar-refractivity contribution in [3.8, 4) is 6.07 Å². The Labute approximate surface area is 155 Å². The van der Waals surface area contributed by atoms with Crippen LogP contribution >= 0.6 is 0 Å². The Morgan fingerprint density at radius 3 is 3.04 bits per heavy atom. The van der Waals surface area contributed by atoms with Crippen molar-refractivity contribution in [3.05, 3.63) is 24.3 Å². The highest BCUT2D eigenvalue weighted by Crippen LogP contribution is 2.37. The Morgan fingerprint density at radius 2 is 2.30 bits per heavy atom. The molecule has 2 N–H and O–H groups in total. The van der Waals surface area contributed by atoms with E-state index in [0.29, 0.717) is 24.7 Å². The van der Waals surface area contributed by atoms with Crippen molar-refractivity contribution in [1.29, 1.82) is 5.26 Å². The van der Waals surface area contributed by atoms with Crippen LogP contribution in [-0.4, -0.2) is 54.1 Å². The molecule has 27 heavy (non-hydrogen) atoms. The van der Waals surface area contributed by atoms with Crippen molar-refractivity contribution in [2.45, 2.75) is 37.6 Å². The van der Waals surface area contributed by atoms with E-state index in [1.807, 2.05) is 21.6 Å². The number of hydrogen-bond acceptors (Lipinski definition) is 5. The lowest BCUT2D eigenvalue weighted by atomic mass is 9.93. The van der Waals surface area contributed by atoms with E-state index in [4.69, 9.17) is 0 Å². The first-order valence-electron chi connectivity index (χ1n) is 9.29. The minimum absolute atomic E-state index is 0.0912. The lowest BCUT2D eigenvalue weighted by Crippen LogP contribution is -2.44. The SMILES string of the molecule is CC[C@@H]1CN(C(=O)NC2(C#N)CC2)C[C@@H]1c1nnc2cnc3[nH]ccc3n12. The first-order valence-corrected chi connectivity index (χ1v) is 9.29. The van der Waals surface area contributed by atoms with Gasteiger partial charge in [-0.3, -0.25) is 4.40 Å². The fraction of sp³-hybridized carbons (Fsp3) is 0.500. The smallest absolute Gasteiger partial charge is 0.318 e. The highest BCUT2D eigenvalue weighted by molar-refractivity contribution is 5.77. The van der Waals surface area contributed by atoms with Gasteiger partial charge in [0.1, 0.15) is 11.4 Å². The van der Waals surface area contributed by atoms with Gasteiger partial charge in [0.25, 0.3) is 0 Å². The molecular weight excluding hydrogens is 344 g/mol. The number of fused-ring (bicyclic) bond motifs is 3. The molecule has 1 aliphatic heterocycles. The van der Waals surface area contributed by atoms with Gasteiger partial charge in [-0.2, -0.15) is 5.26 Å². The van der Waals surface area contributed by atoms with E-state index in [9.17, 15) is 10.1 Å². The molecule has 4 heterocycles. The Kier molecular flexibility index (Phi) is 3.37. The van der Waals surface area contributed by atoms with Crippen LogP contribution in [0.25, 0.3) is 16.8 Å². The van der Waals surface area contributed by atoms with E-state index >= 15 is 0 Å². The molecule has 1 saturated carbocycles. The quantitative estimate of drug-likeness (QED) is 0.735. The fourth-order valence-electron chi connectivity index (χ4n) is 4.05. The minimum atomic E-state index is -0.651. The van der Waals surface area contributed by atoms with Crippen LogP contribution in [0, 0.1) is 17.2 Å². The Bertz CT molecular complexity index is 1070. The predicted molar refractivity (Wildman–Crippen MR) is 96.8 cm³/mol. The number of nitrogens with zero attached hydrogens (tertiary/aromatic N) is 6. The van der Waals surface area contributed by atoms with Gasteiger partial charge in [0, 0.05) is 25.2 Å². The van der Waals surface area contributed by atoms with Gasteiger partial charge in [-0.05, 0) is 24.8 Å². The van der Waals surface area contributed by atoms with Crippen LogP contribution in [0.2, 0.25) is 0 Å². The first-order chi connectivity index (χ1) is 13.1. The van der Waals surface area contributed by atoms with Crippen molar-refractivity contribution in [3.63, 3.8) is 0 Å². The molecule has 138 valence electrons. The molecule has 5 rings (SSSR count). The van der Waals surface area contributed by atoms with Gasteiger partial charge in [0.15, 0.2) is 11.3 Å². The molecule has 1 aliphatic carbocycles. The normalized spacial score (nSPS) is 23.6. The van der Waals surface area contributed by atoms with Crippen LogP contribution < -0.4 is 5.32 Å². The van der Waals surface area contributed by atoms with Crippen LogP contribution in [0.3, 0.4) is 0 Å². The molecule has 0 unspecified atom stereocenters. The summed E-state index contributed by atoms with van der Waals surface area (Å²) >= 11 is 0. The number of amides is 2. The Hall–Kier alpha value is -3.15. The number of hydrogen-bond donors (Lipinski definition) is 2. The molecule has 3 aromatic rings. The minimum Gasteiger partial charge on any atom is -0.345 e. The number of H-pyrrole nitrogens is 1. The van der Waals surface area contributed by atoms with Crippen molar-refractivity contribution < 1.29 is 4.79 Å². The van der Waals surface area contributed by atoms with Crippen LogP contribution in [0.5, 0.6) is 0 Å². The summed E-state index contributed by atoms with van der Waals surface area (Å²) in [6.07, 6.45) is 5.96. The molecule has 0 spiro atoms. The third-order valence-corrected chi connectivity index (χ3v) is 5.86. The summed E-state index contributed by atoms with van der Waals surface area (Å²) in [6.45, 7) is 3.36. The van der Waals surface area contributed by atoms with Crippen molar-refractivity contribution in [1.82, 2.24) is 34.8 Å². The van der Waals surface area contributed by atoms with Gasteiger partial charge >= 0.3 is 6.03 Å². The molecule has 2 atom stereocenters. The third-order valence-electron chi connectivity index (χ3n) is 5.86. The van der Waals surface area contributed by atoms with Crippen LogP contribution in [0.1, 0.15) is 37.9 Å². The van der Waals surface area contributed by atoms with Crippen LogP contribution in [-0.2, 0) is 0 Å². The van der Waals surface area contributed by atoms with Gasteiger partial charge in [-0.1, -0.05) is 13.3 Å². The second-order valence-corrected chi connectivity index (χ2v) is 7.53. The highest BCUT2D eigenvalue weighted by atomic mass is 16.2. The molecule has 0 radical (unpaired) electrons. The number of rotatable bonds is 3. The lowest BCUT2D eigenvalue weighted by Gasteiger charge is -2.19. The summed E-state index contributed by atoms with van der Waals surface area (Å²) in [5.74, 6) is 1.25. The summed E-state index contributed by atoms with van der Waals surface area (Å²) in [7, 11) is 0. The standard InChI is InChI=1S/C18H20N8O/c1-2-11-8-25(17(27)22-18(10-19)4-5-18)9-12(11)16-24-23-14-7-21-15-13(26(14)16)3-6-20-15/h3,6-7,11-12,20H,2,4-5,8-9H2,1H3,(H,22,27)/t11-,12+/m1/s1. The largest absolute Gasteiger partial charge is 0.345 e. The van der Waals surface area contributed by atoms with E-state index in [1.165, 1.54) is 0 Å². The van der Waals surface area contributed by atoms with Crippen LogP contribution in [0.4, 0.5) is 4.79 Å². The molecule has 1 saturated heterocycles. The van der Waals surface area contributed by atoms with Crippen molar-refractivity contribution in [2.24, 2.45) is 5.92 Å².